The van der Waals surface area contributed by atoms with Crippen LogP contribution in [0.2, 0.25) is 0 Å². The highest BCUT2D eigenvalue weighted by Crippen LogP contribution is 2.31. The van der Waals surface area contributed by atoms with Crippen molar-refractivity contribution in [1.29, 1.82) is 0 Å². The number of aromatic nitrogens is 3. The zero-order valence-electron chi connectivity index (χ0n) is 15.0. The van der Waals surface area contributed by atoms with E-state index in [0.717, 1.165) is 43.4 Å². The number of hydrogen-bond donors (Lipinski definition) is 1. The Morgan fingerprint density at radius 1 is 1.12 bits per heavy atom. The molecule has 1 aromatic heterocycles. The molecular formula is C19H26N4O3. The normalized spacial score (nSPS) is 18.2. The molecule has 0 radical (unpaired) electrons. The molecule has 0 atom stereocenters. The molecule has 7 nitrogen and oxygen atoms in total. The molecule has 4 rings (SSSR count). The van der Waals surface area contributed by atoms with Crippen molar-refractivity contribution in [2.45, 2.75) is 32.4 Å². The van der Waals surface area contributed by atoms with Gasteiger partial charge in [0.25, 0.3) is 0 Å². The minimum absolute atomic E-state index is 0.122. The van der Waals surface area contributed by atoms with Gasteiger partial charge in [-0.15, -0.1) is 5.10 Å². The maximum atomic E-state index is 8.97. The highest BCUT2D eigenvalue weighted by molar-refractivity contribution is 5.43. The average Bonchev–Trinajstić information content (AvgIpc) is 3.11. The first-order chi connectivity index (χ1) is 12.8. The van der Waals surface area contributed by atoms with Gasteiger partial charge in [0.1, 0.15) is 13.2 Å². The fourth-order valence-corrected chi connectivity index (χ4v) is 3.69. The number of likely N-dealkylation sites (tertiary alicyclic amines) is 1. The van der Waals surface area contributed by atoms with E-state index in [4.69, 9.17) is 14.6 Å². The molecule has 2 aliphatic heterocycles. The molecule has 0 saturated carbocycles. The summed E-state index contributed by atoms with van der Waals surface area (Å²) in [5.74, 6) is 2.36. The van der Waals surface area contributed by atoms with Gasteiger partial charge in [0.2, 0.25) is 0 Å². The van der Waals surface area contributed by atoms with Crippen LogP contribution in [0, 0.1) is 5.92 Å². The van der Waals surface area contributed by atoms with Gasteiger partial charge in [-0.1, -0.05) is 11.3 Å². The van der Waals surface area contributed by atoms with Crippen LogP contribution in [0.1, 0.15) is 24.1 Å². The number of rotatable bonds is 6. The fraction of sp³-hybridized carbons (Fsp3) is 0.579. The molecule has 1 aromatic carbocycles. The Hall–Kier alpha value is -2.12. The van der Waals surface area contributed by atoms with E-state index in [-0.39, 0.29) is 6.61 Å². The summed E-state index contributed by atoms with van der Waals surface area (Å²) in [6.45, 7) is 5.44. The highest BCUT2D eigenvalue weighted by atomic mass is 16.6. The number of aliphatic hydroxyl groups is 1. The topological polar surface area (TPSA) is 72.6 Å². The second-order valence-corrected chi connectivity index (χ2v) is 7.10. The van der Waals surface area contributed by atoms with Crippen molar-refractivity contribution >= 4 is 0 Å². The Bertz CT molecular complexity index is 725. The first kappa shape index (κ1) is 17.3. The summed E-state index contributed by atoms with van der Waals surface area (Å²) in [4.78, 5) is 2.50. The van der Waals surface area contributed by atoms with Crippen LogP contribution >= 0.6 is 0 Å². The highest BCUT2D eigenvalue weighted by Gasteiger charge is 2.21. The number of fused-ring (bicyclic) bond motifs is 1. The predicted octanol–water partition coefficient (Wildman–Crippen LogP) is 1.50. The first-order valence-electron chi connectivity index (χ1n) is 9.41. The minimum atomic E-state index is 0.122. The van der Waals surface area contributed by atoms with Crippen LogP contribution in [0.15, 0.2) is 24.4 Å². The van der Waals surface area contributed by atoms with Crippen LogP contribution in [0.4, 0.5) is 0 Å². The maximum Gasteiger partial charge on any atom is 0.161 e. The molecule has 26 heavy (non-hydrogen) atoms. The third-order valence-corrected chi connectivity index (χ3v) is 5.12. The second-order valence-electron chi connectivity index (χ2n) is 7.10. The lowest BCUT2D eigenvalue weighted by molar-refractivity contribution is 0.161. The molecule has 1 N–H and O–H groups in total. The number of nitrogens with zero attached hydrogens (tertiary/aromatic N) is 4. The van der Waals surface area contributed by atoms with Gasteiger partial charge >= 0.3 is 0 Å². The van der Waals surface area contributed by atoms with Gasteiger partial charge in [0, 0.05) is 32.3 Å². The van der Waals surface area contributed by atoms with Crippen LogP contribution < -0.4 is 9.47 Å². The van der Waals surface area contributed by atoms with E-state index in [1.165, 1.54) is 18.4 Å². The van der Waals surface area contributed by atoms with E-state index >= 15 is 0 Å². The van der Waals surface area contributed by atoms with Crippen LogP contribution in [0.25, 0.3) is 0 Å². The molecule has 1 fully saturated rings. The van der Waals surface area contributed by atoms with E-state index in [1.807, 2.05) is 16.9 Å². The lowest BCUT2D eigenvalue weighted by Gasteiger charge is -2.32. The third kappa shape index (κ3) is 4.16. The molecule has 140 valence electrons. The molecule has 3 heterocycles. The van der Waals surface area contributed by atoms with Gasteiger partial charge in [-0.3, -0.25) is 9.58 Å². The number of aliphatic hydroxyl groups excluding tert-OH is 1. The van der Waals surface area contributed by atoms with E-state index < -0.39 is 0 Å². The van der Waals surface area contributed by atoms with Crippen molar-refractivity contribution in [2.24, 2.45) is 5.92 Å². The summed E-state index contributed by atoms with van der Waals surface area (Å²) in [7, 11) is 0. The van der Waals surface area contributed by atoms with Crippen LogP contribution in [-0.2, 0) is 19.5 Å². The lowest BCUT2D eigenvalue weighted by atomic mass is 9.96. The molecule has 1 saturated heterocycles. The van der Waals surface area contributed by atoms with Crippen LogP contribution in [0.3, 0.4) is 0 Å². The van der Waals surface area contributed by atoms with Crippen molar-refractivity contribution < 1.29 is 14.6 Å². The summed E-state index contributed by atoms with van der Waals surface area (Å²) in [6.07, 6.45) is 4.87. The first-order valence-corrected chi connectivity index (χ1v) is 9.41. The van der Waals surface area contributed by atoms with E-state index in [2.05, 4.69) is 27.3 Å². The van der Waals surface area contributed by atoms with Crippen LogP contribution in [0.5, 0.6) is 11.5 Å². The van der Waals surface area contributed by atoms with E-state index in [0.29, 0.717) is 25.6 Å². The largest absolute Gasteiger partial charge is 0.486 e. The quantitative estimate of drug-likeness (QED) is 0.844. The van der Waals surface area contributed by atoms with Crippen LogP contribution in [-0.4, -0.2) is 57.9 Å². The number of ether oxygens (including phenoxy) is 2. The lowest BCUT2D eigenvalue weighted by Crippen LogP contribution is -2.34. The second kappa shape index (κ2) is 8.05. The van der Waals surface area contributed by atoms with Gasteiger partial charge in [-0.2, -0.15) is 0 Å². The molecule has 0 bridgehead atoms. The molecule has 2 aliphatic rings. The van der Waals surface area contributed by atoms with E-state index in [1.54, 1.807) is 0 Å². The van der Waals surface area contributed by atoms with Crippen molar-refractivity contribution in [2.75, 3.05) is 32.9 Å². The standard InChI is InChI=1S/C19H26N4O3/c24-8-5-17-14-23(21-20-17)13-15-3-6-22(7-4-15)12-16-1-2-18-19(11-16)26-10-9-25-18/h1-2,11,14-15,24H,3-10,12-13H2. The Morgan fingerprint density at radius 3 is 2.73 bits per heavy atom. The van der Waals surface area contributed by atoms with Gasteiger partial charge in [-0.05, 0) is 49.5 Å². The number of piperidine rings is 1. The number of benzene rings is 1. The summed E-state index contributed by atoms with van der Waals surface area (Å²) >= 11 is 0. The van der Waals surface area contributed by atoms with Gasteiger partial charge in [0.05, 0.1) is 5.69 Å². The van der Waals surface area contributed by atoms with Crippen molar-refractivity contribution in [3.8, 4) is 11.5 Å². The summed E-state index contributed by atoms with van der Waals surface area (Å²) in [6, 6.07) is 6.27. The summed E-state index contributed by atoms with van der Waals surface area (Å²) in [5, 5.41) is 17.2. The minimum Gasteiger partial charge on any atom is -0.486 e. The summed E-state index contributed by atoms with van der Waals surface area (Å²) < 4.78 is 13.2. The monoisotopic (exact) mass is 358 g/mol. The van der Waals surface area contributed by atoms with Crippen molar-refractivity contribution in [3.05, 3.63) is 35.7 Å². The Labute approximate surface area is 153 Å². The molecule has 0 amide bonds. The zero-order chi connectivity index (χ0) is 17.8. The smallest absolute Gasteiger partial charge is 0.161 e. The van der Waals surface area contributed by atoms with Crippen molar-refractivity contribution in [1.82, 2.24) is 19.9 Å². The Kier molecular flexibility index (Phi) is 5.36. The SMILES string of the molecule is OCCc1cn(CC2CCN(Cc3ccc4c(c3)OCCO4)CC2)nn1. The van der Waals surface area contributed by atoms with Gasteiger partial charge in [0.15, 0.2) is 11.5 Å². The summed E-state index contributed by atoms with van der Waals surface area (Å²) in [5.41, 5.74) is 2.14. The van der Waals surface area contributed by atoms with Crippen molar-refractivity contribution in [3.63, 3.8) is 0 Å². The molecule has 0 spiro atoms. The average molecular weight is 358 g/mol. The van der Waals surface area contributed by atoms with Gasteiger partial charge in [-0.25, -0.2) is 0 Å². The number of hydrogen-bond acceptors (Lipinski definition) is 6. The predicted molar refractivity (Wildman–Crippen MR) is 96.2 cm³/mol. The van der Waals surface area contributed by atoms with Gasteiger partial charge < -0.3 is 14.6 Å². The van der Waals surface area contributed by atoms with E-state index in [9.17, 15) is 0 Å². The molecule has 0 unspecified atom stereocenters. The zero-order valence-corrected chi connectivity index (χ0v) is 15.0. The third-order valence-electron chi connectivity index (χ3n) is 5.12. The Morgan fingerprint density at radius 2 is 1.92 bits per heavy atom. The molecular weight excluding hydrogens is 332 g/mol. The maximum absolute atomic E-state index is 8.97. The Balaban J connectivity index is 1.27. The molecule has 0 aliphatic carbocycles. The fourth-order valence-electron chi connectivity index (χ4n) is 3.69. The molecule has 7 heteroatoms. The molecule has 2 aromatic rings.